The van der Waals surface area contributed by atoms with Gasteiger partial charge in [-0.25, -0.2) is 13.4 Å². The summed E-state index contributed by atoms with van der Waals surface area (Å²) in [7, 11) is -3.12. The van der Waals surface area contributed by atoms with Gasteiger partial charge >= 0.3 is 0 Å². The summed E-state index contributed by atoms with van der Waals surface area (Å²) in [6.45, 7) is 4.77. The molecule has 152 valence electrons. The zero-order valence-electron chi connectivity index (χ0n) is 16.3. The third-order valence-corrected chi connectivity index (χ3v) is 6.97. The van der Waals surface area contributed by atoms with Crippen LogP contribution in [0.4, 0.5) is 0 Å². The summed E-state index contributed by atoms with van der Waals surface area (Å²) in [4.78, 5) is 24.6. The van der Waals surface area contributed by atoms with Crippen molar-refractivity contribution in [2.75, 3.05) is 18.1 Å². The highest BCUT2D eigenvalue weighted by molar-refractivity contribution is 7.91. The molecule has 2 aliphatic rings. The van der Waals surface area contributed by atoms with Crippen molar-refractivity contribution in [1.29, 1.82) is 0 Å². The molecule has 0 radical (unpaired) electrons. The molecule has 0 aromatic heterocycles. The van der Waals surface area contributed by atoms with Crippen molar-refractivity contribution < 1.29 is 18.0 Å². The van der Waals surface area contributed by atoms with E-state index in [0.29, 0.717) is 31.0 Å². The molecule has 0 aliphatic carbocycles. The highest BCUT2D eigenvalue weighted by Gasteiger charge is 2.37. The van der Waals surface area contributed by atoms with Crippen LogP contribution < -0.4 is 5.32 Å². The zero-order chi connectivity index (χ0) is 20.3. The van der Waals surface area contributed by atoms with E-state index in [1.54, 1.807) is 0 Å². The number of hydrogen-bond acceptors (Lipinski definition) is 5. The number of hydrogen-bond donors (Lipinski definition) is 1. The SMILES string of the molecule is CC(C)c1ccc(CCNC(=O)C2=NN([C@H]3CCS(=O)(=O)C3)C(=O)CC2)cc1. The molecule has 1 saturated heterocycles. The fourth-order valence-corrected chi connectivity index (χ4v) is 5.17. The van der Waals surface area contributed by atoms with Crippen molar-refractivity contribution in [2.24, 2.45) is 5.10 Å². The van der Waals surface area contributed by atoms with Crippen molar-refractivity contribution >= 4 is 27.4 Å². The second-order valence-electron chi connectivity index (χ2n) is 7.74. The normalized spacial score (nSPS) is 21.7. The molecule has 3 rings (SSSR count). The number of rotatable bonds is 6. The van der Waals surface area contributed by atoms with Crippen LogP contribution in [0, 0.1) is 0 Å². The Balaban J connectivity index is 1.56. The molecule has 2 aliphatic heterocycles. The largest absolute Gasteiger partial charge is 0.351 e. The molecule has 0 unspecified atom stereocenters. The van der Waals surface area contributed by atoms with E-state index in [2.05, 4.69) is 48.5 Å². The van der Waals surface area contributed by atoms with Gasteiger partial charge in [0.05, 0.1) is 17.5 Å². The van der Waals surface area contributed by atoms with Crippen molar-refractivity contribution in [3.63, 3.8) is 0 Å². The summed E-state index contributed by atoms with van der Waals surface area (Å²) >= 11 is 0. The monoisotopic (exact) mass is 405 g/mol. The highest BCUT2D eigenvalue weighted by Crippen LogP contribution is 2.22. The molecule has 0 spiro atoms. The van der Waals surface area contributed by atoms with E-state index in [1.807, 2.05) is 0 Å². The number of amides is 2. The Kier molecular flexibility index (Phi) is 6.17. The Morgan fingerprint density at radius 1 is 1.25 bits per heavy atom. The summed E-state index contributed by atoms with van der Waals surface area (Å²) in [6, 6.07) is 7.89. The molecule has 1 aromatic rings. The van der Waals surface area contributed by atoms with Crippen LogP contribution in [0.15, 0.2) is 29.4 Å². The number of hydrazone groups is 1. The van der Waals surface area contributed by atoms with Crippen LogP contribution in [0.2, 0.25) is 0 Å². The van der Waals surface area contributed by atoms with Gasteiger partial charge < -0.3 is 5.32 Å². The Hall–Kier alpha value is -2.22. The standard InChI is InChI=1S/C20H27N3O4S/c1-14(2)16-5-3-15(4-6-16)9-11-21-20(25)18-7-8-19(24)23(22-18)17-10-12-28(26,27)13-17/h3-6,14,17H,7-13H2,1-2H3,(H,21,25)/t17-/m0/s1. The topological polar surface area (TPSA) is 95.9 Å². The molecule has 7 nitrogen and oxygen atoms in total. The van der Waals surface area contributed by atoms with Crippen LogP contribution in [-0.4, -0.2) is 55.0 Å². The zero-order valence-corrected chi connectivity index (χ0v) is 17.2. The van der Waals surface area contributed by atoms with Gasteiger partial charge in [0.1, 0.15) is 5.71 Å². The van der Waals surface area contributed by atoms with Gasteiger partial charge in [0.25, 0.3) is 5.91 Å². The third-order valence-electron chi connectivity index (χ3n) is 5.22. The summed E-state index contributed by atoms with van der Waals surface area (Å²) in [5, 5.41) is 8.26. The van der Waals surface area contributed by atoms with E-state index in [1.165, 1.54) is 10.6 Å². The molecular weight excluding hydrogens is 378 g/mol. The first-order valence-electron chi connectivity index (χ1n) is 9.72. The van der Waals surface area contributed by atoms with E-state index in [9.17, 15) is 18.0 Å². The highest BCUT2D eigenvalue weighted by atomic mass is 32.2. The first kappa shape index (κ1) is 20.5. The van der Waals surface area contributed by atoms with Crippen molar-refractivity contribution in [3.05, 3.63) is 35.4 Å². The van der Waals surface area contributed by atoms with E-state index >= 15 is 0 Å². The molecule has 1 atom stereocenters. The lowest BCUT2D eigenvalue weighted by atomic mass is 10.0. The minimum atomic E-state index is -3.12. The number of nitrogens with zero attached hydrogens (tertiary/aromatic N) is 2. The average Bonchev–Trinajstić information content (AvgIpc) is 3.02. The van der Waals surface area contributed by atoms with Crippen LogP contribution >= 0.6 is 0 Å². The van der Waals surface area contributed by atoms with Crippen LogP contribution in [0.25, 0.3) is 0 Å². The van der Waals surface area contributed by atoms with Gasteiger partial charge in [-0.1, -0.05) is 38.1 Å². The van der Waals surface area contributed by atoms with Gasteiger partial charge in [-0.05, 0) is 29.9 Å². The van der Waals surface area contributed by atoms with Crippen LogP contribution in [0.5, 0.6) is 0 Å². The number of benzene rings is 1. The number of carbonyl (C=O) groups is 2. The third kappa shape index (κ3) is 4.98. The molecule has 1 fully saturated rings. The van der Waals surface area contributed by atoms with Crippen LogP contribution in [0.3, 0.4) is 0 Å². The molecule has 1 aromatic carbocycles. The quantitative estimate of drug-likeness (QED) is 0.778. The number of nitrogens with one attached hydrogen (secondary N) is 1. The smallest absolute Gasteiger partial charge is 0.267 e. The van der Waals surface area contributed by atoms with Crippen molar-refractivity contribution in [3.8, 4) is 0 Å². The molecule has 1 N–H and O–H groups in total. The van der Waals surface area contributed by atoms with E-state index in [4.69, 9.17) is 0 Å². The summed E-state index contributed by atoms with van der Waals surface area (Å²) in [5.74, 6) is -0.0444. The average molecular weight is 406 g/mol. The van der Waals surface area contributed by atoms with Gasteiger partial charge in [0.2, 0.25) is 5.91 Å². The predicted molar refractivity (Wildman–Crippen MR) is 108 cm³/mol. The maximum absolute atomic E-state index is 12.4. The number of carbonyl (C=O) groups excluding carboxylic acids is 2. The Morgan fingerprint density at radius 3 is 2.57 bits per heavy atom. The van der Waals surface area contributed by atoms with E-state index in [-0.39, 0.29) is 36.2 Å². The maximum atomic E-state index is 12.4. The van der Waals surface area contributed by atoms with Gasteiger partial charge in [0.15, 0.2) is 9.84 Å². The second-order valence-corrected chi connectivity index (χ2v) is 9.97. The fraction of sp³-hybridized carbons (Fsp3) is 0.550. The molecule has 2 amide bonds. The lowest BCUT2D eigenvalue weighted by Crippen LogP contribution is -2.44. The molecule has 8 heteroatoms. The van der Waals surface area contributed by atoms with E-state index < -0.39 is 15.9 Å². The minimum Gasteiger partial charge on any atom is -0.351 e. The first-order valence-corrected chi connectivity index (χ1v) is 11.5. The minimum absolute atomic E-state index is 0.0636. The molecule has 0 saturated carbocycles. The van der Waals surface area contributed by atoms with Gasteiger partial charge in [0, 0.05) is 19.4 Å². The maximum Gasteiger partial charge on any atom is 0.267 e. The lowest BCUT2D eigenvalue weighted by molar-refractivity contribution is -0.133. The Labute approximate surface area is 166 Å². The molecular formula is C20H27N3O4S. The Morgan fingerprint density at radius 2 is 1.96 bits per heavy atom. The molecule has 2 heterocycles. The summed E-state index contributed by atoms with van der Waals surface area (Å²) in [6.07, 6.45) is 1.54. The number of sulfone groups is 1. The van der Waals surface area contributed by atoms with Crippen molar-refractivity contribution in [1.82, 2.24) is 10.3 Å². The van der Waals surface area contributed by atoms with Gasteiger partial charge in [-0.15, -0.1) is 0 Å². The van der Waals surface area contributed by atoms with E-state index in [0.717, 1.165) is 5.56 Å². The summed E-state index contributed by atoms with van der Waals surface area (Å²) < 4.78 is 23.3. The lowest BCUT2D eigenvalue weighted by Gasteiger charge is -2.27. The Bertz CT molecular complexity index is 875. The first-order chi connectivity index (χ1) is 13.2. The second kappa shape index (κ2) is 8.43. The molecule has 28 heavy (non-hydrogen) atoms. The van der Waals surface area contributed by atoms with Crippen molar-refractivity contribution in [2.45, 2.75) is 51.5 Å². The van der Waals surface area contributed by atoms with Gasteiger partial charge in [-0.3, -0.25) is 9.59 Å². The fourth-order valence-electron chi connectivity index (χ4n) is 3.48. The van der Waals surface area contributed by atoms with Crippen LogP contribution in [0.1, 0.15) is 50.2 Å². The summed E-state index contributed by atoms with van der Waals surface area (Å²) in [5.41, 5.74) is 2.71. The van der Waals surface area contributed by atoms with Crippen LogP contribution in [-0.2, 0) is 25.8 Å². The van der Waals surface area contributed by atoms with Gasteiger partial charge in [-0.2, -0.15) is 5.10 Å². The molecule has 0 bridgehead atoms. The predicted octanol–water partition coefficient (Wildman–Crippen LogP) is 1.63.